The van der Waals surface area contributed by atoms with Gasteiger partial charge in [-0.15, -0.1) is 0 Å². The van der Waals surface area contributed by atoms with Crippen LogP contribution in [0.3, 0.4) is 0 Å². The van der Waals surface area contributed by atoms with E-state index in [2.05, 4.69) is 21.2 Å². The van der Waals surface area contributed by atoms with Gasteiger partial charge in [0.15, 0.2) is 0 Å². The number of rotatable bonds is 4. The van der Waals surface area contributed by atoms with Crippen molar-refractivity contribution in [3.63, 3.8) is 0 Å². The van der Waals surface area contributed by atoms with E-state index < -0.39 is 18.8 Å². The molecule has 0 amide bonds. The lowest BCUT2D eigenvalue weighted by atomic mass is 10.1. The Balaban J connectivity index is 2.82. The summed E-state index contributed by atoms with van der Waals surface area (Å²) in [6.45, 7) is -1.04. The van der Waals surface area contributed by atoms with Gasteiger partial charge in [0.2, 0.25) is 0 Å². The maximum absolute atomic E-state index is 12.1. The van der Waals surface area contributed by atoms with E-state index >= 15 is 0 Å². The van der Waals surface area contributed by atoms with Crippen molar-refractivity contribution < 1.29 is 13.2 Å². The summed E-state index contributed by atoms with van der Waals surface area (Å²) in [5, 5.41) is 2.81. The van der Waals surface area contributed by atoms with Crippen molar-refractivity contribution in [2.24, 2.45) is 5.73 Å². The fourth-order valence-corrected chi connectivity index (χ4v) is 2.04. The maximum atomic E-state index is 12.1. The van der Waals surface area contributed by atoms with E-state index in [4.69, 9.17) is 17.3 Å². The molecule has 0 heterocycles. The summed E-state index contributed by atoms with van der Waals surface area (Å²) in [6, 6.07) is 4.32. The van der Waals surface area contributed by atoms with Crippen molar-refractivity contribution in [2.75, 3.05) is 13.1 Å². The van der Waals surface area contributed by atoms with Crippen molar-refractivity contribution in [3.05, 3.63) is 33.3 Å². The van der Waals surface area contributed by atoms with Gasteiger partial charge in [-0.25, -0.2) is 0 Å². The van der Waals surface area contributed by atoms with Crippen LogP contribution in [0.25, 0.3) is 0 Å². The fraction of sp³-hybridized carbons (Fsp3) is 0.400. The largest absolute Gasteiger partial charge is 0.401 e. The highest BCUT2D eigenvalue weighted by Crippen LogP contribution is 2.27. The van der Waals surface area contributed by atoms with E-state index in [0.29, 0.717) is 15.1 Å². The number of benzene rings is 1. The van der Waals surface area contributed by atoms with Crippen molar-refractivity contribution >= 4 is 27.5 Å². The molecule has 0 spiro atoms. The highest BCUT2D eigenvalue weighted by atomic mass is 79.9. The third-order valence-electron chi connectivity index (χ3n) is 2.12. The molecule has 0 radical (unpaired) electrons. The lowest BCUT2D eigenvalue weighted by Gasteiger charge is -2.20. The summed E-state index contributed by atoms with van der Waals surface area (Å²) in [6.07, 6.45) is -4.27. The zero-order valence-corrected chi connectivity index (χ0v) is 11.0. The summed E-state index contributed by atoms with van der Waals surface area (Å²) in [5.41, 5.74) is 6.07. The Labute approximate surface area is 110 Å². The second-order valence-corrected chi connectivity index (χ2v) is 4.74. The molecular weight excluding hydrogens is 320 g/mol. The molecule has 17 heavy (non-hydrogen) atoms. The first-order valence-electron chi connectivity index (χ1n) is 4.78. The molecule has 1 unspecified atom stereocenters. The average molecular weight is 332 g/mol. The standard InChI is InChI=1S/C10H11BrClF3N2/c11-8-2-1-6(12)3-7(8)9(4-16)17-5-10(13,14)15/h1-3,9,17H,4-5,16H2. The Morgan fingerprint density at radius 1 is 1.41 bits per heavy atom. The molecule has 1 aromatic rings. The molecule has 0 saturated heterocycles. The number of nitrogens with one attached hydrogen (secondary N) is 1. The predicted molar refractivity (Wildman–Crippen MR) is 65.0 cm³/mol. The molecule has 0 fully saturated rings. The van der Waals surface area contributed by atoms with Gasteiger partial charge in [-0.05, 0) is 23.8 Å². The third-order valence-corrected chi connectivity index (χ3v) is 3.08. The number of nitrogens with two attached hydrogens (primary N) is 1. The van der Waals surface area contributed by atoms with Crippen molar-refractivity contribution in [3.8, 4) is 0 Å². The normalized spacial score (nSPS) is 13.8. The van der Waals surface area contributed by atoms with Gasteiger partial charge in [0.1, 0.15) is 0 Å². The van der Waals surface area contributed by atoms with Crippen LogP contribution in [0.4, 0.5) is 13.2 Å². The Kier molecular flexibility index (Phi) is 5.24. The molecule has 0 aliphatic carbocycles. The molecule has 0 saturated carbocycles. The van der Waals surface area contributed by atoms with E-state index in [1.165, 1.54) is 0 Å². The summed E-state index contributed by atoms with van der Waals surface area (Å²) in [4.78, 5) is 0. The van der Waals surface area contributed by atoms with Gasteiger partial charge in [-0.3, -0.25) is 0 Å². The van der Waals surface area contributed by atoms with Crippen LogP contribution in [-0.2, 0) is 0 Å². The lowest BCUT2D eigenvalue weighted by Crippen LogP contribution is -2.35. The first kappa shape index (κ1) is 14.8. The SMILES string of the molecule is NCC(NCC(F)(F)F)c1cc(Cl)ccc1Br. The van der Waals surface area contributed by atoms with Crippen LogP contribution in [0.2, 0.25) is 5.02 Å². The monoisotopic (exact) mass is 330 g/mol. The van der Waals surface area contributed by atoms with Crippen molar-refractivity contribution in [2.45, 2.75) is 12.2 Å². The number of alkyl halides is 3. The molecule has 0 aliphatic heterocycles. The molecule has 0 aromatic heterocycles. The molecule has 7 heteroatoms. The van der Waals surface area contributed by atoms with Crippen molar-refractivity contribution in [1.29, 1.82) is 0 Å². The van der Waals surface area contributed by atoms with Gasteiger partial charge >= 0.3 is 6.18 Å². The van der Waals surface area contributed by atoms with Gasteiger partial charge in [0, 0.05) is 22.1 Å². The Bertz CT molecular complexity index is 384. The molecule has 1 atom stereocenters. The van der Waals surface area contributed by atoms with E-state index in [1.807, 2.05) is 0 Å². The molecule has 96 valence electrons. The smallest absolute Gasteiger partial charge is 0.329 e. The molecule has 0 aliphatic rings. The summed E-state index contributed by atoms with van der Waals surface area (Å²) < 4.78 is 37.0. The summed E-state index contributed by atoms with van der Waals surface area (Å²) in [5.74, 6) is 0. The van der Waals surface area contributed by atoms with Gasteiger partial charge in [-0.1, -0.05) is 27.5 Å². The highest BCUT2D eigenvalue weighted by molar-refractivity contribution is 9.10. The van der Waals surface area contributed by atoms with E-state index in [9.17, 15) is 13.2 Å². The van der Waals surface area contributed by atoms with Crippen LogP contribution in [0, 0.1) is 0 Å². The first-order valence-corrected chi connectivity index (χ1v) is 5.95. The minimum absolute atomic E-state index is 0.0506. The Morgan fingerprint density at radius 3 is 2.59 bits per heavy atom. The van der Waals surface area contributed by atoms with Crippen LogP contribution < -0.4 is 11.1 Å². The minimum atomic E-state index is -4.27. The Morgan fingerprint density at radius 2 is 2.06 bits per heavy atom. The fourth-order valence-electron chi connectivity index (χ4n) is 1.34. The number of hydrogen-bond donors (Lipinski definition) is 2. The van der Waals surface area contributed by atoms with Gasteiger partial charge in [-0.2, -0.15) is 13.2 Å². The summed E-state index contributed by atoms with van der Waals surface area (Å²) in [7, 11) is 0. The van der Waals surface area contributed by atoms with Gasteiger partial charge in [0.05, 0.1) is 6.54 Å². The lowest BCUT2D eigenvalue weighted by molar-refractivity contribution is -0.126. The molecule has 3 N–H and O–H groups in total. The third kappa shape index (κ3) is 4.83. The van der Waals surface area contributed by atoms with E-state index in [0.717, 1.165) is 0 Å². The van der Waals surface area contributed by atoms with Crippen LogP contribution in [0.1, 0.15) is 11.6 Å². The molecule has 0 bridgehead atoms. The van der Waals surface area contributed by atoms with Crippen LogP contribution in [-0.4, -0.2) is 19.3 Å². The molecule has 2 nitrogen and oxygen atoms in total. The average Bonchev–Trinajstić information content (AvgIpc) is 2.22. The van der Waals surface area contributed by atoms with Gasteiger partial charge < -0.3 is 11.1 Å². The second kappa shape index (κ2) is 6.04. The van der Waals surface area contributed by atoms with Crippen LogP contribution in [0.5, 0.6) is 0 Å². The number of hydrogen-bond acceptors (Lipinski definition) is 2. The zero-order chi connectivity index (χ0) is 13.1. The van der Waals surface area contributed by atoms with Crippen LogP contribution >= 0.6 is 27.5 Å². The quantitative estimate of drug-likeness (QED) is 0.889. The second-order valence-electron chi connectivity index (χ2n) is 3.45. The highest BCUT2D eigenvalue weighted by Gasteiger charge is 2.28. The maximum Gasteiger partial charge on any atom is 0.401 e. The zero-order valence-electron chi connectivity index (χ0n) is 8.69. The molecule has 1 rings (SSSR count). The number of halogens is 5. The van der Waals surface area contributed by atoms with Crippen molar-refractivity contribution in [1.82, 2.24) is 5.32 Å². The van der Waals surface area contributed by atoms with E-state index in [1.54, 1.807) is 18.2 Å². The van der Waals surface area contributed by atoms with E-state index in [-0.39, 0.29) is 6.54 Å². The Hall–Kier alpha value is -0.300. The predicted octanol–water partition coefficient (Wildman–Crippen LogP) is 3.25. The molecular formula is C10H11BrClF3N2. The van der Waals surface area contributed by atoms with Crippen LogP contribution in [0.15, 0.2) is 22.7 Å². The van der Waals surface area contributed by atoms with Gasteiger partial charge in [0.25, 0.3) is 0 Å². The molecule has 1 aromatic carbocycles. The first-order chi connectivity index (χ1) is 7.83. The minimum Gasteiger partial charge on any atom is -0.329 e. The summed E-state index contributed by atoms with van der Waals surface area (Å²) >= 11 is 9.05. The topological polar surface area (TPSA) is 38.0 Å².